The molecule has 0 radical (unpaired) electrons. The fraction of sp³-hybridized carbons (Fsp3) is 0.231. The summed E-state index contributed by atoms with van der Waals surface area (Å²) in [5.41, 5.74) is 0. The van der Waals surface area contributed by atoms with Gasteiger partial charge in [-0.1, -0.05) is 42.5 Å². The van der Waals surface area contributed by atoms with Gasteiger partial charge < -0.3 is 0 Å². The molecule has 0 N–H and O–H groups in total. The summed E-state index contributed by atoms with van der Waals surface area (Å²) < 4.78 is 24.1. The van der Waals surface area contributed by atoms with Crippen LogP contribution in [-0.2, 0) is 9.84 Å². The second-order valence-electron chi connectivity index (χ2n) is 3.90. The molecule has 0 amide bonds. The molecular weight excluding hydrogens is 220 g/mol. The summed E-state index contributed by atoms with van der Waals surface area (Å²) in [7, 11) is -3.15. The van der Waals surface area contributed by atoms with Crippen LogP contribution < -0.4 is 0 Å². The Labute approximate surface area is 96.2 Å². The summed E-state index contributed by atoms with van der Waals surface area (Å²) in [6.45, 7) is 0. The molecule has 0 fully saturated rings. The van der Waals surface area contributed by atoms with Gasteiger partial charge in [-0.2, -0.15) is 0 Å². The standard InChI is InChI=1S/C13H14O2S/c14-16(15,13-9-5-2-6-10-13)11-12-7-3-1-4-8-12/h1-7,9-10,12H,8,11H2. The maximum Gasteiger partial charge on any atom is 0.178 e. The first kappa shape index (κ1) is 11.1. The molecule has 0 aliphatic heterocycles. The van der Waals surface area contributed by atoms with Crippen LogP contribution in [0, 0.1) is 5.92 Å². The third kappa shape index (κ3) is 2.61. The highest BCUT2D eigenvalue weighted by Gasteiger charge is 2.19. The normalized spacial score (nSPS) is 19.9. The van der Waals surface area contributed by atoms with Gasteiger partial charge in [0.1, 0.15) is 0 Å². The molecule has 1 atom stereocenters. The first-order valence-electron chi connectivity index (χ1n) is 5.29. The van der Waals surface area contributed by atoms with E-state index in [1.54, 1.807) is 24.3 Å². The van der Waals surface area contributed by atoms with Crippen molar-refractivity contribution >= 4 is 9.84 Å². The Kier molecular flexibility index (Phi) is 3.25. The molecule has 1 aliphatic carbocycles. The van der Waals surface area contributed by atoms with E-state index in [9.17, 15) is 8.42 Å². The molecule has 84 valence electrons. The van der Waals surface area contributed by atoms with Crippen LogP contribution in [0.2, 0.25) is 0 Å². The van der Waals surface area contributed by atoms with Crippen molar-refractivity contribution in [1.29, 1.82) is 0 Å². The van der Waals surface area contributed by atoms with Crippen LogP contribution >= 0.6 is 0 Å². The summed E-state index contributed by atoms with van der Waals surface area (Å²) >= 11 is 0. The molecule has 2 nitrogen and oxygen atoms in total. The average molecular weight is 234 g/mol. The van der Waals surface area contributed by atoms with Gasteiger partial charge in [-0.05, 0) is 24.5 Å². The Morgan fingerprint density at radius 3 is 2.50 bits per heavy atom. The maximum atomic E-state index is 12.0. The predicted molar refractivity (Wildman–Crippen MR) is 64.9 cm³/mol. The lowest BCUT2D eigenvalue weighted by Gasteiger charge is -2.13. The van der Waals surface area contributed by atoms with E-state index in [1.807, 2.05) is 30.4 Å². The molecule has 0 heterocycles. The lowest BCUT2D eigenvalue weighted by atomic mass is 10.0. The third-order valence-electron chi connectivity index (χ3n) is 2.61. The number of sulfone groups is 1. The van der Waals surface area contributed by atoms with E-state index in [-0.39, 0.29) is 11.7 Å². The molecule has 0 saturated heterocycles. The summed E-state index contributed by atoms with van der Waals surface area (Å²) in [4.78, 5) is 0.415. The van der Waals surface area contributed by atoms with E-state index in [1.165, 1.54) is 0 Å². The van der Waals surface area contributed by atoms with E-state index >= 15 is 0 Å². The molecule has 16 heavy (non-hydrogen) atoms. The quantitative estimate of drug-likeness (QED) is 0.805. The Balaban J connectivity index is 2.15. The molecule has 1 aromatic carbocycles. The molecule has 1 unspecified atom stereocenters. The van der Waals surface area contributed by atoms with Gasteiger partial charge in [0.05, 0.1) is 10.6 Å². The summed E-state index contributed by atoms with van der Waals surface area (Å²) in [6, 6.07) is 8.63. The van der Waals surface area contributed by atoms with Crippen molar-refractivity contribution in [3.05, 3.63) is 54.6 Å². The van der Waals surface area contributed by atoms with Crippen molar-refractivity contribution in [3.8, 4) is 0 Å². The van der Waals surface area contributed by atoms with Crippen molar-refractivity contribution < 1.29 is 8.42 Å². The van der Waals surface area contributed by atoms with Crippen LogP contribution in [0.25, 0.3) is 0 Å². The van der Waals surface area contributed by atoms with Gasteiger partial charge in [-0.15, -0.1) is 0 Å². The summed E-state index contributed by atoms with van der Waals surface area (Å²) in [5.74, 6) is 0.299. The SMILES string of the molecule is O=S(=O)(CC1C=CC=CC1)c1ccccc1. The highest BCUT2D eigenvalue weighted by molar-refractivity contribution is 7.91. The smallest absolute Gasteiger partial charge is 0.178 e. The molecule has 3 heteroatoms. The topological polar surface area (TPSA) is 34.1 Å². The van der Waals surface area contributed by atoms with E-state index in [4.69, 9.17) is 0 Å². The minimum absolute atomic E-state index is 0.107. The number of benzene rings is 1. The zero-order valence-electron chi connectivity index (χ0n) is 8.91. The van der Waals surface area contributed by atoms with Gasteiger partial charge in [0.2, 0.25) is 0 Å². The Morgan fingerprint density at radius 1 is 1.12 bits per heavy atom. The molecule has 0 bridgehead atoms. The Bertz CT molecular complexity index is 498. The lowest BCUT2D eigenvalue weighted by molar-refractivity contribution is 0.583. The molecule has 0 aromatic heterocycles. The number of hydrogen-bond acceptors (Lipinski definition) is 2. The highest BCUT2D eigenvalue weighted by Crippen LogP contribution is 2.19. The fourth-order valence-electron chi connectivity index (χ4n) is 1.76. The third-order valence-corrected chi connectivity index (χ3v) is 4.46. The molecule has 2 rings (SSSR count). The van der Waals surface area contributed by atoms with E-state index < -0.39 is 9.84 Å². The second-order valence-corrected chi connectivity index (χ2v) is 5.94. The number of allylic oxidation sites excluding steroid dienone is 4. The summed E-state index contributed by atoms with van der Waals surface area (Å²) in [6.07, 6.45) is 8.63. The van der Waals surface area contributed by atoms with Crippen molar-refractivity contribution in [2.75, 3.05) is 5.75 Å². The zero-order chi connectivity index (χ0) is 11.4. The van der Waals surface area contributed by atoms with Gasteiger partial charge in [-0.3, -0.25) is 0 Å². The summed E-state index contributed by atoms with van der Waals surface area (Å²) in [5, 5.41) is 0. The molecule has 1 aliphatic rings. The van der Waals surface area contributed by atoms with Crippen LogP contribution in [0.15, 0.2) is 59.5 Å². The lowest BCUT2D eigenvalue weighted by Crippen LogP contribution is -2.15. The average Bonchev–Trinajstić information content (AvgIpc) is 2.31. The van der Waals surface area contributed by atoms with Gasteiger partial charge in [0, 0.05) is 0 Å². The first-order chi connectivity index (χ1) is 7.68. The van der Waals surface area contributed by atoms with Crippen molar-refractivity contribution in [1.82, 2.24) is 0 Å². The van der Waals surface area contributed by atoms with Crippen LogP contribution in [0.5, 0.6) is 0 Å². The highest BCUT2D eigenvalue weighted by atomic mass is 32.2. The maximum absolute atomic E-state index is 12.0. The largest absolute Gasteiger partial charge is 0.224 e. The Morgan fingerprint density at radius 2 is 1.88 bits per heavy atom. The van der Waals surface area contributed by atoms with Crippen molar-refractivity contribution in [2.24, 2.45) is 5.92 Å². The number of rotatable bonds is 3. The first-order valence-corrected chi connectivity index (χ1v) is 6.95. The van der Waals surface area contributed by atoms with E-state index in [0.29, 0.717) is 4.90 Å². The molecule has 1 aromatic rings. The second kappa shape index (κ2) is 4.66. The van der Waals surface area contributed by atoms with Crippen LogP contribution in [-0.4, -0.2) is 14.2 Å². The molecular formula is C13H14O2S. The Hall–Kier alpha value is -1.35. The minimum Gasteiger partial charge on any atom is -0.224 e. The van der Waals surface area contributed by atoms with Crippen LogP contribution in [0.3, 0.4) is 0 Å². The predicted octanol–water partition coefficient (Wildman–Crippen LogP) is 2.59. The monoisotopic (exact) mass is 234 g/mol. The van der Waals surface area contributed by atoms with Gasteiger partial charge in [0.15, 0.2) is 9.84 Å². The minimum atomic E-state index is -3.15. The van der Waals surface area contributed by atoms with Crippen molar-refractivity contribution in [2.45, 2.75) is 11.3 Å². The molecule has 0 spiro atoms. The van der Waals surface area contributed by atoms with Gasteiger partial charge in [0.25, 0.3) is 0 Å². The number of hydrogen-bond donors (Lipinski definition) is 0. The van der Waals surface area contributed by atoms with Gasteiger partial charge in [-0.25, -0.2) is 8.42 Å². The van der Waals surface area contributed by atoms with E-state index in [2.05, 4.69) is 0 Å². The van der Waals surface area contributed by atoms with Crippen molar-refractivity contribution in [3.63, 3.8) is 0 Å². The fourth-order valence-corrected chi connectivity index (χ4v) is 3.34. The molecule has 0 saturated carbocycles. The van der Waals surface area contributed by atoms with E-state index in [0.717, 1.165) is 6.42 Å². The van der Waals surface area contributed by atoms with Gasteiger partial charge >= 0.3 is 0 Å². The van der Waals surface area contributed by atoms with Crippen LogP contribution in [0.4, 0.5) is 0 Å². The van der Waals surface area contributed by atoms with Crippen LogP contribution in [0.1, 0.15) is 6.42 Å². The zero-order valence-corrected chi connectivity index (χ0v) is 9.73.